The number of nitrogens with zero attached hydrogens (tertiary/aromatic N) is 3. The molecular formula is C16H13ClF3N5O. The average Bonchev–Trinajstić information content (AvgIpc) is 2.92. The Balaban J connectivity index is 1.86. The molecule has 0 radical (unpaired) electrons. The molecule has 0 bridgehead atoms. The van der Waals surface area contributed by atoms with Crippen molar-refractivity contribution in [2.45, 2.75) is 20.0 Å². The van der Waals surface area contributed by atoms with Crippen molar-refractivity contribution in [1.82, 2.24) is 15.1 Å². The molecule has 0 amide bonds. The monoisotopic (exact) mass is 383 g/mol. The second kappa shape index (κ2) is 6.83. The number of rotatable bonds is 4. The Morgan fingerprint density at radius 1 is 1.00 bits per heavy atom. The Morgan fingerprint density at radius 2 is 1.77 bits per heavy atom. The number of halogens is 4. The summed E-state index contributed by atoms with van der Waals surface area (Å²) in [6.07, 6.45) is -4.56. The minimum absolute atomic E-state index is 0.128. The van der Waals surface area contributed by atoms with Crippen molar-refractivity contribution in [3.63, 3.8) is 0 Å². The lowest BCUT2D eigenvalue weighted by Gasteiger charge is -2.12. The van der Waals surface area contributed by atoms with Gasteiger partial charge in [0.2, 0.25) is 5.95 Å². The molecule has 0 aliphatic heterocycles. The zero-order valence-corrected chi connectivity index (χ0v) is 14.4. The van der Waals surface area contributed by atoms with Gasteiger partial charge >= 0.3 is 6.18 Å². The quantitative estimate of drug-likeness (QED) is 0.641. The predicted octanol–water partition coefficient (Wildman–Crippen LogP) is 5.24. The lowest BCUT2D eigenvalue weighted by Crippen LogP contribution is -2.07. The van der Waals surface area contributed by atoms with E-state index in [-0.39, 0.29) is 16.7 Å². The van der Waals surface area contributed by atoms with Crippen LogP contribution in [0.25, 0.3) is 0 Å². The van der Waals surface area contributed by atoms with E-state index < -0.39 is 11.7 Å². The van der Waals surface area contributed by atoms with E-state index >= 15 is 0 Å². The molecule has 3 rings (SSSR count). The summed E-state index contributed by atoms with van der Waals surface area (Å²) in [6.45, 7) is 3.48. The lowest BCUT2D eigenvalue weighted by atomic mass is 10.2. The van der Waals surface area contributed by atoms with Crippen LogP contribution < -0.4 is 10.6 Å². The highest BCUT2D eigenvalue weighted by molar-refractivity contribution is 6.31. The number of hydrogen-bond donors (Lipinski definition) is 2. The predicted molar refractivity (Wildman–Crippen MR) is 91.0 cm³/mol. The van der Waals surface area contributed by atoms with Crippen molar-refractivity contribution >= 4 is 34.9 Å². The molecule has 0 aliphatic carbocycles. The highest BCUT2D eigenvalue weighted by Gasteiger charge is 2.33. The third-order valence-corrected chi connectivity index (χ3v) is 3.60. The molecule has 0 aliphatic rings. The van der Waals surface area contributed by atoms with Gasteiger partial charge in [-0.05, 0) is 32.0 Å². The molecule has 2 N–H and O–H groups in total. The number of hydrogen-bond acceptors (Lipinski definition) is 6. The minimum atomic E-state index is -4.56. The molecule has 1 aromatic carbocycles. The molecule has 0 fully saturated rings. The fourth-order valence-electron chi connectivity index (χ4n) is 2.19. The lowest BCUT2D eigenvalue weighted by molar-refractivity contribution is -0.137. The summed E-state index contributed by atoms with van der Waals surface area (Å²) in [4.78, 5) is 8.39. The highest BCUT2D eigenvalue weighted by Crippen LogP contribution is 2.36. The van der Waals surface area contributed by atoms with Gasteiger partial charge in [-0.15, -0.1) is 0 Å². The van der Waals surface area contributed by atoms with Crippen molar-refractivity contribution in [1.29, 1.82) is 0 Å². The Hall–Kier alpha value is -2.81. The van der Waals surface area contributed by atoms with Crippen molar-refractivity contribution < 1.29 is 17.7 Å². The first-order valence-corrected chi connectivity index (χ1v) is 7.78. The molecule has 0 atom stereocenters. The number of aromatic nitrogens is 3. The Morgan fingerprint density at radius 3 is 2.42 bits per heavy atom. The van der Waals surface area contributed by atoms with Gasteiger partial charge in [-0.3, -0.25) is 0 Å². The summed E-state index contributed by atoms with van der Waals surface area (Å²) in [5.74, 6) is 1.62. The summed E-state index contributed by atoms with van der Waals surface area (Å²) < 4.78 is 43.9. The van der Waals surface area contributed by atoms with E-state index in [1.165, 1.54) is 12.1 Å². The average molecular weight is 384 g/mol. The van der Waals surface area contributed by atoms with Gasteiger partial charge in [-0.1, -0.05) is 16.8 Å². The largest absolute Gasteiger partial charge is 0.417 e. The number of benzene rings is 1. The molecule has 2 heterocycles. The van der Waals surface area contributed by atoms with Crippen molar-refractivity contribution in [2.24, 2.45) is 0 Å². The highest BCUT2D eigenvalue weighted by atomic mass is 35.5. The van der Waals surface area contributed by atoms with E-state index in [2.05, 4.69) is 25.8 Å². The van der Waals surface area contributed by atoms with Gasteiger partial charge in [-0.2, -0.15) is 18.2 Å². The van der Waals surface area contributed by atoms with Gasteiger partial charge in [0, 0.05) is 23.5 Å². The van der Waals surface area contributed by atoms with E-state index in [4.69, 9.17) is 16.1 Å². The molecule has 10 heteroatoms. The first kappa shape index (κ1) is 18.0. The Kier molecular flexibility index (Phi) is 4.73. The van der Waals surface area contributed by atoms with E-state index in [1.807, 2.05) is 0 Å². The van der Waals surface area contributed by atoms with Crippen LogP contribution in [0, 0.1) is 13.8 Å². The first-order chi connectivity index (χ1) is 12.2. The van der Waals surface area contributed by atoms with Gasteiger partial charge in [0.1, 0.15) is 11.6 Å². The normalized spacial score (nSPS) is 11.5. The summed E-state index contributed by atoms with van der Waals surface area (Å²) in [7, 11) is 0. The standard InChI is InChI=1S/C16H13ClF3N5O/c1-8-5-13(23-14-6-9(2)26-25-14)24-15(21-8)22-10-3-4-12(17)11(7-10)16(18,19)20/h3-7H,1-2H3,(H2,21,22,23,24,25). The zero-order chi connectivity index (χ0) is 18.9. The van der Waals surface area contributed by atoms with Crippen molar-refractivity contribution in [2.75, 3.05) is 10.6 Å². The summed E-state index contributed by atoms with van der Waals surface area (Å²) in [5, 5.41) is 9.11. The van der Waals surface area contributed by atoms with E-state index in [0.29, 0.717) is 23.1 Å². The SMILES string of the molecule is Cc1cc(Nc2cc(C)on2)nc(Nc2ccc(Cl)c(C(F)(F)F)c2)n1. The van der Waals surface area contributed by atoms with Crippen LogP contribution in [0.2, 0.25) is 5.02 Å². The molecule has 3 aromatic rings. The number of aryl methyl sites for hydroxylation is 2. The summed E-state index contributed by atoms with van der Waals surface area (Å²) >= 11 is 5.62. The van der Waals surface area contributed by atoms with Crippen LogP contribution in [0.4, 0.5) is 36.4 Å². The van der Waals surface area contributed by atoms with E-state index in [9.17, 15) is 13.2 Å². The topological polar surface area (TPSA) is 75.9 Å². The summed E-state index contributed by atoms with van der Waals surface area (Å²) in [6, 6.07) is 6.83. The molecule has 6 nitrogen and oxygen atoms in total. The maximum atomic E-state index is 13.0. The Bertz CT molecular complexity index is 942. The van der Waals surface area contributed by atoms with Crippen LogP contribution in [-0.2, 0) is 6.18 Å². The van der Waals surface area contributed by atoms with Crippen molar-refractivity contribution in [3.8, 4) is 0 Å². The van der Waals surface area contributed by atoms with Crippen LogP contribution in [0.3, 0.4) is 0 Å². The third kappa shape index (κ3) is 4.23. The first-order valence-electron chi connectivity index (χ1n) is 7.40. The fraction of sp³-hybridized carbons (Fsp3) is 0.188. The van der Waals surface area contributed by atoms with Gasteiger partial charge in [-0.25, -0.2) is 4.98 Å². The molecule has 0 saturated carbocycles. The van der Waals surface area contributed by atoms with Crippen LogP contribution >= 0.6 is 11.6 Å². The molecule has 26 heavy (non-hydrogen) atoms. The van der Waals surface area contributed by atoms with Gasteiger partial charge < -0.3 is 15.2 Å². The van der Waals surface area contributed by atoms with Crippen LogP contribution in [0.1, 0.15) is 17.0 Å². The molecule has 2 aromatic heterocycles. The molecule has 136 valence electrons. The maximum absolute atomic E-state index is 13.0. The smallest absolute Gasteiger partial charge is 0.360 e. The Labute approximate surface area is 151 Å². The number of anilines is 4. The minimum Gasteiger partial charge on any atom is -0.360 e. The van der Waals surface area contributed by atoms with E-state index in [1.54, 1.807) is 26.0 Å². The zero-order valence-electron chi connectivity index (χ0n) is 13.6. The van der Waals surface area contributed by atoms with Gasteiger partial charge in [0.05, 0.1) is 10.6 Å². The molecule has 0 spiro atoms. The fourth-order valence-corrected chi connectivity index (χ4v) is 2.42. The van der Waals surface area contributed by atoms with Crippen LogP contribution in [0.15, 0.2) is 34.9 Å². The van der Waals surface area contributed by atoms with Crippen LogP contribution in [-0.4, -0.2) is 15.1 Å². The second-order valence-corrected chi connectivity index (χ2v) is 5.89. The van der Waals surface area contributed by atoms with Crippen molar-refractivity contribution in [3.05, 3.63) is 52.4 Å². The third-order valence-electron chi connectivity index (χ3n) is 3.27. The van der Waals surface area contributed by atoms with E-state index in [0.717, 1.165) is 6.07 Å². The molecule has 0 saturated heterocycles. The van der Waals surface area contributed by atoms with Crippen LogP contribution in [0.5, 0.6) is 0 Å². The second-order valence-electron chi connectivity index (χ2n) is 5.48. The molecule has 0 unspecified atom stereocenters. The maximum Gasteiger partial charge on any atom is 0.417 e. The number of nitrogens with one attached hydrogen (secondary N) is 2. The molecular weight excluding hydrogens is 371 g/mol. The summed E-state index contributed by atoms with van der Waals surface area (Å²) in [5.41, 5.74) is -0.168. The van der Waals surface area contributed by atoms with Gasteiger partial charge in [0.25, 0.3) is 0 Å². The van der Waals surface area contributed by atoms with Gasteiger partial charge in [0.15, 0.2) is 5.82 Å². The number of alkyl halides is 3.